The lowest BCUT2D eigenvalue weighted by Gasteiger charge is -2.64. The maximum atomic E-state index is 11.9. The first-order valence-corrected chi connectivity index (χ1v) is 13.3. The van der Waals surface area contributed by atoms with E-state index in [1.54, 1.807) is 0 Å². The molecule has 1 amide bonds. The molecule has 4 fully saturated rings. The Hall–Kier alpha value is -0.650. The van der Waals surface area contributed by atoms with E-state index in [1.807, 2.05) is 0 Å². The van der Waals surface area contributed by atoms with Crippen molar-refractivity contribution in [3.63, 3.8) is 0 Å². The molecule has 5 heteroatoms. The highest BCUT2D eigenvalue weighted by Crippen LogP contribution is 2.69. The molecule has 4 rings (SSSR count). The quantitative estimate of drug-likeness (QED) is 0.513. The van der Waals surface area contributed by atoms with Crippen LogP contribution in [0.15, 0.2) is 0 Å². The van der Waals surface area contributed by atoms with Crippen molar-refractivity contribution in [2.75, 3.05) is 7.11 Å². The van der Waals surface area contributed by atoms with Gasteiger partial charge in [-0.15, -0.1) is 0 Å². The summed E-state index contributed by atoms with van der Waals surface area (Å²) >= 11 is 0. The van der Waals surface area contributed by atoms with E-state index >= 15 is 0 Å². The summed E-state index contributed by atoms with van der Waals surface area (Å²) in [7, 11) is 1.49. The fourth-order valence-electron chi connectivity index (χ4n) is 9.66. The largest absolute Gasteiger partial charge is 0.393 e. The molecule has 4 saturated carbocycles. The molecule has 0 heterocycles. The first-order chi connectivity index (χ1) is 15.2. The Balaban J connectivity index is 1.55. The van der Waals surface area contributed by atoms with Gasteiger partial charge in [0, 0.05) is 6.42 Å². The van der Waals surface area contributed by atoms with E-state index in [9.17, 15) is 15.0 Å². The molecule has 32 heavy (non-hydrogen) atoms. The van der Waals surface area contributed by atoms with Crippen molar-refractivity contribution in [1.29, 1.82) is 0 Å². The van der Waals surface area contributed by atoms with Crippen molar-refractivity contribution >= 4 is 5.91 Å². The standard InChI is InChI=1S/C27H47NO4/c1-6-18-22-15-17(29)11-13-27(22,4)21-12-14-26(3)19(8-9-20(26)24(21)25(18)31)16(2)7-10-23(30)28-32-5/h16-22,24-25,29,31H,6-15H2,1-5H3,(H,28,30)/t16-,17-,18-,19?,20?,21?,22+,24?,25-,26-,27-/m1/s1. The fourth-order valence-corrected chi connectivity index (χ4v) is 9.66. The maximum Gasteiger partial charge on any atom is 0.243 e. The molecular weight excluding hydrogens is 402 g/mol. The zero-order chi connectivity index (χ0) is 23.3. The number of fused-ring (bicyclic) bond motifs is 5. The van der Waals surface area contributed by atoms with Gasteiger partial charge in [0.05, 0.1) is 19.3 Å². The Morgan fingerprint density at radius 2 is 1.75 bits per heavy atom. The highest BCUT2D eigenvalue weighted by molar-refractivity contribution is 5.74. The van der Waals surface area contributed by atoms with E-state index < -0.39 is 0 Å². The van der Waals surface area contributed by atoms with Gasteiger partial charge in [0.2, 0.25) is 5.91 Å². The van der Waals surface area contributed by atoms with Crippen LogP contribution in [-0.2, 0) is 9.63 Å². The number of carbonyl (C=O) groups is 1. The predicted octanol–water partition coefficient (Wildman–Crippen LogP) is 4.71. The van der Waals surface area contributed by atoms with E-state index in [0.29, 0.717) is 47.8 Å². The minimum absolute atomic E-state index is 0.0327. The SMILES string of the molecule is CC[C@H]1[C@@H](O)C2C3CCC([C@H](C)CCC(=O)NOC)[C@@]3(C)CCC2[C@@]2(C)CC[C@@H](O)C[C@@H]12. The molecule has 0 bridgehead atoms. The van der Waals surface area contributed by atoms with E-state index in [1.165, 1.54) is 32.8 Å². The van der Waals surface area contributed by atoms with Crippen LogP contribution in [0.1, 0.15) is 91.9 Å². The van der Waals surface area contributed by atoms with Crippen LogP contribution in [0.3, 0.4) is 0 Å². The van der Waals surface area contributed by atoms with Crippen molar-refractivity contribution < 1.29 is 19.8 Å². The normalized spacial score (nSPS) is 49.0. The Morgan fingerprint density at radius 1 is 1.06 bits per heavy atom. The summed E-state index contributed by atoms with van der Waals surface area (Å²) in [5.41, 5.74) is 2.97. The molecule has 0 aromatic heterocycles. The van der Waals surface area contributed by atoms with Gasteiger partial charge in [0.15, 0.2) is 0 Å². The summed E-state index contributed by atoms with van der Waals surface area (Å²) in [5, 5.41) is 22.2. The van der Waals surface area contributed by atoms with Crippen LogP contribution >= 0.6 is 0 Å². The second-order valence-corrected chi connectivity index (χ2v) is 12.4. The molecule has 4 aliphatic carbocycles. The molecule has 0 radical (unpaired) electrons. The summed E-state index contributed by atoms with van der Waals surface area (Å²) in [6.45, 7) is 9.57. The lowest BCUT2D eigenvalue weighted by Crippen LogP contribution is -2.62. The lowest BCUT2D eigenvalue weighted by molar-refractivity contribution is -0.203. The van der Waals surface area contributed by atoms with E-state index in [-0.39, 0.29) is 28.9 Å². The Bertz CT molecular complexity index is 685. The summed E-state index contributed by atoms with van der Waals surface area (Å²) in [6.07, 6.45) is 9.80. The molecule has 4 aliphatic rings. The van der Waals surface area contributed by atoms with Crippen LogP contribution in [0.4, 0.5) is 0 Å². The third kappa shape index (κ3) is 3.84. The third-order valence-electron chi connectivity index (χ3n) is 11.2. The number of nitrogens with one attached hydrogen (secondary N) is 1. The van der Waals surface area contributed by atoms with E-state index in [0.717, 1.165) is 32.1 Å². The average Bonchev–Trinajstić information content (AvgIpc) is 3.11. The Labute approximate surface area is 195 Å². The monoisotopic (exact) mass is 449 g/mol. The summed E-state index contributed by atoms with van der Waals surface area (Å²) in [4.78, 5) is 16.7. The van der Waals surface area contributed by atoms with E-state index in [2.05, 4.69) is 33.2 Å². The zero-order valence-electron chi connectivity index (χ0n) is 21.0. The first-order valence-electron chi connectivity index (χ1n) is 13.3. The molecule has 4 unspecified atom stereocenters. The van der Waals surface area contributed by atoms with Gasteiger partial charge in [0.25, 0.3) is 0 Å². The Kier molecular flexibility index (Phi) is 7.03. The number of rotatable bonds is 6. The molecule has 3 N–H and O–H groups in total. The van der Waals surface area contributed by atoms with Crippen LogP contribution in [0.25, 0.3) is 0 Å². The van der Waals surface area contributed by atoms with Gasteiger partial charge in [-0.1, -0.05) is 34.1 Å². The average molecular weight is 450 g/mol. The van der Waals surface area contributed by atoms with Gasteiger partial charge < -0.3 is 10.2 Å². The number of aliphatic hydroxyl groups is 2. The van der Waals surface area contributed by atoms with Crippen LogP contribution in [0.2, 0.25) is 0 Å². The second kappa shape index (κ2) is 9.19. The van der Waals surface area contributed by atoms with Crippen LogP contribution in [-0.4, -0.2) is 35.4 Å². The topological polar surface area (TPSA) is 78.8 Å². The number of aliphatic hydroxyl groups excluding tert-OH is 2. The summed E-state index contributed by atoms with van der Waals surface area (Å²) < 4.78 is 0. The van der Waals surface area contributed by atoms with Crippen molar-refractivity contribution in [2.24, 2.45) is 52.3 Å². The van der Waals surface area contributed by atoms with Crippen LogP contribution < -0.4 is 5.48 Å². The van der Waals surface area contributed by atoms with Gasteiger partial charge in [-0.25, -0.2) is 5.48 Å². The number of carbonyl (C=O) groups excluding carboxylic acids is 1. The van der Waals surface area contributed by atoms with Gasteiger partial charge in [0.1, 0.15) is 0 Å². The molecule has 5 nitrogen and oxygen atoms in total. The molecule has 0 saturated heterocycles. The number of hydroxylamine groups is 1. The fraction of sp³-hybridized carbons (Fsp3) is 0.963. The molecule has 0 aliphatic heterocycles. The number of hydrogen-bond donors (Lipinski definition) is 3. The highest BCUT2D eigenvalue weighted by atomic mass is 16.6. The van der Waals surface area contributed by atoms with Crippen molar-refractivity contribution in [1.82, 2.24) is 5.48 Å². The van der Waals surface area contributed by atoms with E-state index in [4.69, 9.17) is 4.84 Å². The highest BCUT2D eigenvalue weighted by Gasteiger charge is 2.64. The molecule has 0 aromatic rings. The van der Waals surface area contributed by atoms with Gasteiger partial charge >= 0.3 is 0 Å². The minimum Gasteiger partial charge on any atom is -0.393 e. The summed E-state index contributed by atoms with van der Waals surface area (Å²) in [5.74, 6) is 3.40. The molecule has 0 spiro atoms. The zero-order valence-corrected chi connectivity index (χ0v) is 21.0. The van der Waals surface area contributed by atoms with Gasteiger partial charge in [-0.3, -0.25) is 9.63 Å². The van der Waals surface area contributed by atoms with Gasteiger partial charge in [-0.05, 0) is 104 Å². The number of amides is 1. The first kappa shape index (κ1) is 24.5. The van der Waals surface area contributed by atoms with Crippen LogP contribution in [0.5, 0.6) is 0 Å². The molecule has 0 aromatic carbocycles. The Morgan fingerprint density at radius 3 is 2.44 bits per heavy atom. The van der Waals surface area contributed by atoms with Crippen molar-refractivity contribution in [3.8, 4) is 0 Å². The smallest absolute Gasteiger partial charge is 0.243 e. The second-order valence-electron chi connectivity index (χ2n) is 12.4. The predicted molar refractivity (Wildman–Crippen MR) is 125 cm³/mol. The van der Waals surface area contributed by atoms with Gasteiger partial charge in [-0.2, -0.15) is 0 Å². The number of hydrogen-bond acceptors (Lipinski definition) is 4. The minimum atomic E-state index is -0.237. The van der Waals surface area contributed by atoms with Crippen molar-refractivity contribution in [3.05, 3.63) is 0 Å². The molecular formula is C27H47NO4. The van der Waals surface area contributed by atoms with Crippen LogP contribution in [0, 0.1) is 52.3 Å². The molecule has 11 atom stereocenters. The van der Waals surface area contributed by atoms with Crippen molar-refractivity contribution in [2.45, 2.75) is 104 Å². The third-order valence-corrected chi connectivity index (χ3v) is 11.2. The lowest BCUT2D eigenvalue weighted by atomic mass is 9.41. The maximum absolute atomic E-state index is 11.9. The summed E-state index contributed by atoms with van der Waals surface area (Å²) in [6, 6.07) is 0. The molecule has 184 valence electrons.